The number of carbonyl (C=O) groups excluding carboxylic acids is 3. The van der Waals surface area contributed by atoms with Gasteiger partial charge in [0.05, 0.1) is 12.6 Å². The number of nitrogens with one attached hydrogen (secondary N) is 3. The van der Waals surface area contributed by atoms with Crippen molar-refractivity contribution < 1.29 is 39.3 Å². The first-order valence-corrected chi connectivity index (χ1v) is 8.49. The van der Waals surface area contributed by atoms with E-state index in [1.54, 1.807) is 0 Å². The third-order valence-corrected chi connectivity index (χ3v) is 3.76. The molecule has 8 N–H and O–H groups in total. The molecule has 0 aliphatic carbocycles. The number of carbonyl (C=O) groups is 5. The molecule has 0 aliphatic rings. The Morgan fingerprint density at radius 3 is 1.96 bits per heavy atom. The first kappa shape index (κ1) is 24.6. The van der Waals surface area contributed by atoms with Crippen LogP contribution in [0.2, 0.25) is 0 Å². The fraction of sp³-hybridized carbons (Fsp3) is 0.643. The number of nitrogens with two attached hydrogens (primary N) is 1. The number of aliphatic hydroxyl groups is 1. The van der Waals surface area contributed by atoms with Crippen molar-refractivity contribution in [3.63, 3.8) is 0 Å². The molecule has 3 amide bonds. The van der Waals surface area contributed by atoms with E-state index in [4.69, 9.17) is 15.9 Å². The summed E-state index contributed by atoms with van der Waals surface area (Å²) in [5, 5.41) is 33.3. The normalized spacial score (nSPS) is 15.0. The summed E-state index contributed by atoms with van der Waals surface area (Å²) < 4.78 is 0. The van der Waals surface area contributed by atoms with Gasteiger partial charge < -0.3 is 37.0 Å². The van der Waals surface area contributed by atoms with Crippen LogP contribution in [-0.2, 0) is 24.0 Å². The fourth-order valence-electron chi connectivity index (χ4n) is 1.76. The van der Waals surface area contributed by atoms with Crippen molar-refractivity contribution in [2.45, 2.75) is 43.9 Å². The Balaban J connectivity index is 4.77. The Bertz CT molecular complexity index is 573. The molecule has 4 unspecified atom stereocenters. The average molecular weight is 408 g/mol. The van der Waals surface area contributed by atoms with E-state index in [9.17, 15) is 29.1 Å². The third-order valence-electron chi connectivity index (χ3n) is 3.36. The van der Waals surface area contributed by atoms with Gasteiger partial charge in [0.25, 0.3) is 0 Å². The van der Waals surface area contributed by atoms with Gasteiger partial charge in [-0.2, -0.15) is 12.6 Å². The number of aliphatic hydroxyl groups excluding tert-OH is 1. The number of carboxylic acid groups (broad SMARTS) is 2. The first-order chi connectivity index (χ1) is 12.5. The lowest BCUT2D eigenvalue weighted by Gasteiger charge is -2.22. The summed E-state index contributed by atoms with van der Waals surface area (Å²) in [4.78, 5) is 57.3. The molecule has 0 radical (unpaired) electrons. The van der Waals surface area contributed by atoms with Crippen molar-refractivity contribution in [1.29, 1.82) is 0 Å². The van der Waals surface area contributed by atoms with Crippen LogP contribution >= 0.6 is 12.6 Å². The maximum Gasteiger partial charge on any atom is 0.326 e. The van der Waals surface area contributed by atoms with Crippen LogP contribution in [0.1, 0.15) is 19.8 Å². The van der Waals surface area contributed by atoms with Gasteiger partial charge in [0.15, 0.2) is 0 Å². The van der Waals surface area contributed by atoms with E-state index in [1.165, 1.54) is 6.92 Å². The van der Waals surface area contributed by atoms with E-state index in [0.29, 0.717) is 0 Å². The van der Waals surface area contributed by atoms with Crippen molar-refractivity contribution in [2.24, 2.45) is 5.73 Å². The summed E-state index contributed by atoms with van der Waals surface area (Å²) in [5.41, 5.74) is 5.44. The molecule has 154 valence electrons. The number of rotatable bonds is 12. The second kappa shape index (κ2) is 12.1. The van der Waals surface area contributed by atoms with Crippen LogP contribution in [0.15, 0.2) is 0 Å². The summed E-state index contributed by atoms with van der Waals surface area (Å²) in [5.74, 6) is -5.14. The minimum atomic E-state index is -1.45. The van der Waals surface area contributed by atoms with Gasteiger partial charge in [-0.3, -0.25) is 19.2 Å². The smallest absolute Gasteiger partial charge is 0.326 e. The summed E-state index contributed by atoms with van der Waals surface area (Å²) in [6.07, 6.45) is -0.810. The van der Waals surface area contributed by atoms with Crippen LogP contribution in [0.3, 0.4) is 0 Å². The molecule has 0 saturated carbocycles. The molecular weight excluding hydrogens is 384 g/mol. The van der Waals surface area contributed by atoms with E-state index in [2.05, 4.69) is 28.6 Å². The Morgan fingerprint density at radius 1 is 0.963 bits per heavy atom. The second-order valence-electron chi connectivity index (χ2n) is 5.59. The molecule has 4 atom stereocenters. The highest BCUT2D eigenvalue weighted by molar-refractivity contribution is 7.80. The zero-order chi connectivity index (χ0) is 21.1. The first-order valence-electron chi connectivity index (χ1n) is 7.86. The lowest BCUT2D eigenvalue weighted by atomic mass is 10.1. The van der Waals surface area contributed by atoms with Crippen LogP contribution in [0.5, 0.6) is 0 Å². The zero-order valence-corrected chi connectivity index (χ0v) is 15.4. The molecule has 0 fully saturated rings. The highest BCUT2D eigenvalue weighted by Gasteiger charge is 2.28. The number of aliphatic carboxylic acids is 2. The van der Waals surface area contributed by atoms with E-state index >= 15 is 0 Å². The molecular formula is C14H24N4O8S. The van der Waals surface area contributed by atoms with Gasteiger partial charge in [0, 0.05) is 12.2 Å². The summed E-state index contributed by atoms with van der Waals surface area (Å²) in [6, 6.07) is -5.04. The Kier molecular flexibility index (Phi) is 11.0. The predicted octanol–water partition coefficient (Wildman–Crippen LogP) is -3.34. The molecule has 13 heteroatoms. The van der Waals surface area contributed by atoms with Crippen LogP contribution in [0.4, 0.5) is 0 Å². The molecule has 27 heavy (non-hydrogen) atoms. The molecule has 0 aromatic heterocycles. The number of carboxylic acids is 2. The molecule has 0 spiro atoms. The van der Waals surface area contributed by atoms with Crippen molar-refractivity contribution in [1.82, 2.24) is 16.0 Å². The van der Waals surface area contributed by atoms with Crippen LogP contribution in [0.25, 0.3) is 0 Å². The quantitative estimate of drug-likeness (QED) is 0.152. The monoisotopic (exact) mass is 408 g/mol. The third kappa shape index (κ3) is 9.21. The topological polar surface area (TPSA) is 208 Å². The molecule has 0 saturated heterocycles. The van der Waals surface area contributed by atoms with Gasteiger partial charge in [-0.05, 0) is 13.3 Å². The second-order valence-corrected chi connectivity index (χ2v) is 5.96. The number of amides is 3. The Labute approximate surface area is 160 Å². The van der Waals surface area contributed by atoms with E-state index in [0.717, 1.165) is 0 Å². The zero-order valence-electron chi connectivity index (χ0n) is 14.5. The summed E-state index contributed by atoms with van der Waals surface area (Å²) in [7, 11) is 0. The van der Waals surface area contributed by atoms with Gasteiger partial charge in [0.1, 0.15) is 18.1 Å². The van der Waals surface area contributed by atoms with Gasteiger partial charge in [0.2, 0.25) is 17.7 Å². The molecule has 0 aliphatic heterocycles. The highest BCUT2D eigenvalue weighted by Crippen LogP contribution is 1.99. The SMILES string of the molecule is CC(NC(=O)C(CO)NC(=O)C(N)CS)C(=O)NC(CCC(=O)O)C(=O)O. The molecule has 0 bridgehead atoms. The van der Waals surface area contributed by atoms with Gasteiger partial charge in [-0.25, -0.2) is 4.79 Å². The van der Waals surface area contributed by atoms with E-state index < -0.39 is 66.9 Å². The summed E-state index contributed by atoms with van der Waals surface area (Å²) in [6.45, 7) is 0.487. The molecule has 0 rings (SSSR count). The van der Waals surface area contributed by atoms with Crippen LogP contribution in [-0.4, -0.2) is 81.5 Å². The van der Waals surface area contributed by atoms with Crippen molar-refractivity contribution >= 4 is 42.3 Å². The Hall–Kier alpha value is -2.38. The molecule has 0 heterocycles. The minimum Gasteiger partial charge on any atom is -0.481 e. The van der Waals surface area contributed by atoms with Gasteiger partial charge >= 0.3 is 11.9 Å². The lowest BCUT2D eigenvalue weighted by molar-refractivity contribution is -0.143. The maximum atomic E-state index is 12.1. The summed E-state index contributed by atoms with van der Waals surface area (Å²) >= 11 is 3.83. The largest absolute Gasteiger partial charge is 0.481 e. The molecule has 12 nitrogen and oxygen atoms in total. The standard InChI is InChI=1S/C14H24N4O8S/c1-6(11(22)17-8(14(25)26)2-3-10(20)21)16-13(24)9(4-19)18-12(23)7(15)5-27/h6-9,19,27H,2-5,15H2,1H3,(H,16,24)(H,17,22)(H,18,23)(H,20,21)(H,25,26). The van der Waals surface area contributed by atoms with Gasteiger partial charge in [-0.15, -0.1) is 0 Å². The Morgan fingerprint density at radius 2 is 1.52 bits per heavy atom. The minimum absolute atomic E-state index is 0.0112. The highest BCUT2D eigenvalue weighted by atomic mass is 32.1. The van der Waals surface area contributed by atoms with Gasteiger partial charge in [-0.1, -0.05) is 0 Å². The fourth-order valence-corrected chi connectivity index (χ4v) is 1.92. The van der Waals surface area contributed by atoms with E-state index in [1.807, 2.05) is 0 Å². The lowest BCUT2D eigenvalue weighted by Crippen LogP contribution is -2.57. The average Bonchev–Trinajstić information content (AvgIpc) is 2.60. The van der Waals surface area contributed by atoms with Crippen molar-refractivity contribution in [3.05, 3.63) is 0 Å². The van der Waals surface area contributed by atoms with Crippen molar-refractivity contribution in [2.75, 3.05) is 12.4 Å². The number of hydrogen-bond donors (Lipinski definition) is 8. The molecule has 0 aromatic carbocycles. The number of thiol groups is 1. The van der Waals surface area contributed by atoms with Crippen LogP contribution in [0, 0.1) is 0 Å². The van der Waals surface area contributed by atoms with Crippen molar-refractivity contribution in [3.8, 4) is 0 Å². The predicted molar refractivity (Wildman–Crippen MR) is 94.9 cm³/mol. The molecule has 0 aromatic rings. The number of hydrogen-bond acceptors (Lipinski definition) is 8. The van der Waals surface area contributed by atoms with E-state index in [-0.39, 0.29) is 12.2 Å². The van der Waals surface area contributed by atoms with Crippen LogP contribution < -0.4 is 21.7 Å². The maximum absolute atomic E-state index is 12.1.